The molecule has 6 rings (SSSR count). The van der Waals surface area contributed by atoms with Crippen molar-refractivity contribution in [3.63, 3.8) is 0 Å². The summed E-state index contributed by atoms with van der Waals surface area (Å²) in [7, 11) is 2.05. The van der Waals surface area contributed by atoms with Crippen LogP contribution < -0.4 is 5.32 Å². The summed E-state index contributed by atoms with van der Waals surface area (Å²) >= 11 is 1.82. The van der Waals surface area contributed by atoms with Gasteiger partial charge in [0.25, 0.3) is 6.47 Å². The van der Waals surface area contributed by atoms with Gasteiger partial charge < -0.3 is 15.2 Å². The standard InChI is InChI=1S/C29H30N4S.C4H10O.C3H6O2/c1-5-22-18(3)14-24-28(26(22)19-8-6-17(2)7-9-19)34-29(31-24)20-10-11-25-23(15-20)27(32-33(25)4)21-12-13-30-16-21;1-4(2,3)5;1-2-5-3-4/h6-11,14-15,21,30H,5,12-13,16H2,1-4H3;5H,1-3H3;3H,2H2,1H3/t21-;;/m1../s1. The zero-order valence-corrected chi connectivity index (χ0v) is 28.1. The van der Waals surface area contributed by atoms with E-state index in [1.807, 2.05) is 16.0 Å². The van der Waals surface area contributed by atoms with Crippen LogP contribution in [0, 0.1) is 13.8 Å². The van der Waals surface area contributed by atoms with E-state index < -0.39 is 5.60 Å². The van der Waals surface area contributed by atoms with Gasteiger partial charge in [-0.05, 0) is 102 Å². The first kappa shape index (κ1) is 33.3. The van der Waals surface area contributed by atoms with Crippen LogP contribution in [0.15, 0.2) is 48.5 Å². The number of benzene rings is 3. The van der Waals surface area contributed by atoms with Gasteiger partial charge >= 0.3 is 0 Å². The van der Waals surface area contributed by atoms with E-state index in [2.05, 4.69) is 86.4 Å². The number of thiazole rings is 1. The lowest BCUT2D eigenvalue weighted by Crippen LogP contribution is -2.10. The highest BCUT2D eigenvalue weighted by Gasteiger charge is 2.23. The first-order valence-corrected chi connectivity index (χ1v) is 16.2. The Kier molecular flexibility index (Phi) is 10.9. The first-order valence-electron chi connectivity index (χ1n) is 15.4. The van der Waals surface area contributed by atoms with E-state index in [0.717, 1.165) is 36.5 Å². The zero-order valence-electron chi connectivity index (χ0n) is 27.3. The minimum Gasteiger partial charge on any atom is -0.468 e. The summed E-state index contributed by atoms with van der Waals surface area (Å²) in [5, 5.41) is 19.3. The van der Waals surface area contributed by atoms with Gasteiger partial charge in [-0.15, -0.1) is 11.3 Å². The van der Waals surface area contributed by atoms with Gasteiger partial charge in [0.15, 0.2) is 0 Å². The Morgan fingerprint density at radius 3 is 2.34 bits per heavy atom. The number of ether oxygens (including phenoxy) is 1. The molecule has 7 nitrogen and oxygen atoms in total. The molecule has 234 valence electrons. The fourth-order valence-electron chi connectivity index (χ4n) is 5.52. The molecule has 0 amide bonds. The van der Waals surface area contributed by atoms with Crippen LogP contribution in [0.2, 0.25) is 0 Å². The molecule has 2 N–H and O–H groups in total. The number of hydrogen-bond donors (Lipinski definition) is 2. The second kappa shape index (κ2) is 14.5. The van der Waals surface area contributed by atoms with E-state index in [-0.39, 0.29) is 0 Å². The molecule has 0 aliphatic carbocycles. The molecule has 0 saturated carbocycles. The highest BCUT2D eigenvalue weighted by atomic mass is 32.1. The predicted octanol–water partition coefficient (Wildman–Crippen LogP) is 7.73. The summed E-state index contributed by atoms with van der Waals surface area (Å²) in [4.78, 5) is 14.3. The van der Waals surface area contributed by atoms with Crippen molar-refractivity contribution in [1.82, 2.24) is 20.1 Å². The number of fused-ring (bicyclic) bond motifs is 2. The van der Waals surface area contributed by atoms with E-state index in [0.29, 0.717) is 19.0 Å². The molecule has 1 saturated heterocycles. The van der Waals surface area contributed by atoms with Crippen molar-refractivity contribution in [2.45, 2.75) is 72.8 Å². The zero-order chi connectivity index (χ0) is 32.0. The fraction of sp³-hybridized carbons (Fsp3) is 0.417. The number of hydrogen-bond acceptors (Lipinski definition) is 7. The van der Waals surface area contributed by atoms with Crippen molar-refractivity contribution in [2.24, 2.45) is 7.05 Å². The Balaban J connectivity index is 0.000000386. The van der Waals surface area contributed by atoms with Crippen LogP contribution in [-0.4, -0.2) is 51.6 Å². The van der Waals surface area contributed by atoms with Crippen molar-refractivity contribution >= 4 is 38.9 Å². The highest BCUT2D eigenvalue weighted by molar-refractivity contribution is 7.22. The molecule has 1 fully saturated rings. The SMILES string of the molecule is CC(C)(C)O.CCOC=O.CCc1c(C)cc2nc(-c3ccc4c(c3)c([C@@H]3CCNC3)nn4C)sc2c1-c1ccc(C)cc1. The average Bonchev–Trinajstić information content (AvgIpc) is 3.72. The van der Waals surface area contributed by atoms with Crippen LogP contribution in [-0.2, 0) is 23.0 Å². The van der Waals surface area contributed by atoms with Crippen molar-refractivity contribution in [2.75, 3.05) is 19.7 Å². The maximum atomic E-state index is 9.18. The van der Waals surface area contributed by atoms with E-state index in [1.165, 1.54) is 54.7 Å². The number of aryl methyl sites for hydroxylation is 3. The third kappa shape index (κ3) is 7.92. The molecule has 44 heavy (non-hydrogen) atoms. The minimum absolute atomic E-state index is 0.431. The fourth-order valence-corrected chi connectivity index (χ4v) is 6.66. The van der Waals surface area contributed by atoms with Crippen molar-refractivity contribution in [1.29, 1.82) is 0 Å². The van der Waals surface area contributed by atoms with Gasteiger partial charge in [-0.1, -0.05) is 36.8 Å². The molecular formula is C36H46N4O3S. The van der Waals surface area contributed by atoms with Crippen LogP contribution in [0.1, 0.15) is 69.3 Å². The second-order valence-corrected chi connectivity index (χ2v) is 13.3. The van der Waals surface area contributed by atoms with E-state index in [1.54, 1.807) is 27.7 Å². The summed E-state index contributed by atoms with van der Waals surface area (Å²) in [6.07, 6.45) is 2.16. The molecular weight excluding hydrogens is 568 g/mol. The number of nitrogens with zero attached hydrogens (tertiary/aromatic N) is 3. The van der Waals surface area contributed by atoms with Crippen LogP contribution in [0.5, 0.6) is 0 Å². The Labute approximate surface area is 265 Å². The van der Waals surface area contributed by atoms with Gasteiger partial charge in [0.1, 0.15) is 5.01 Å². The molecule has 5 aromatic rings. The highest BCUT2D eigenvalue weighted by Crippen LogP contribution is 2.41. The Morgan fingerprint density at radius 2 is 1.77 bits per heavy atom. The van der Waals surface area contributed by atoms with Crippen molar-refractivity contribution in [3.8, 4) is 21.7 Å². The van der Waals surface area contributed by atoms with Crippen LogP contribution in [0.4, 0.5) is 0 Å². The molecule has 0 unspecified atom stereocenters. The third-order valence-corrected chi connectivity index (χ3v) is 8.65. The summed E-state index contributed by atoms with van der Waals surface area (Å²) in [6, 6.07) is 17.9. The Bertz CT molecular complexity index is 1700. The lowest BCUT2D eigenvalue weighted by molar-refractivity contribution is -0.128. The number of rotatable bonds is 6. The van der Waals surface area contributed by atoms with Gasteiger partial charge in [-0.25, -0.2) is 4.98 Å². The maximum Gasteiger partial charge on any atom is 0.293 e. The molecule has 1 atom stereocenters. The van der Waals surface area contributed by atoms with Crippen LogP contribution in [0.3, 0.4) is 0 Å². The molecule has 1 aliphatic rings. The lowest BCUT2D eigenvalue weighted by atomic mass is 9.93. The van der Waals surface area contributed by atoms with Gasteiger partial charge in [0, 0.05) is 36.0 Å². The number of carbonyl (C=O) groups excluding carboxylic acids is 1. The molecule has 3 aromatic carbocycles. The summed E-state index contributed by atoms with van der Waals surface area (Å²) < 4.78 is 7.46. The van der Waals surface area contributed by atoms with Gasteiger partial charge in [-0.2, -0.15) is 5.10 Å². The monoisotopic (exact) mass is 614 g/mol. The Hall–Kier alpha value is -3.59. The summed E-state index contributed by atoms with van der Waals surface area (Å²) in [5.41, 5.74) is 10.8. The molecule has 1 aliphatic heterocycles. The average molecular weight is 615 g/mol. The molecule has 8 heteroatoms. The van der Waals surface area contributed by atoms with E-state index in [4.69, 9.17) is 15.2 Å². The Morgan fingerprint density at radius 1 is 1.09 bits per heavy atom. The predicted molar refractivity (Wildman–Crippen MR) is 184 cm³/mol. The third-order valence-electron chi connectivity index (χ3n) is 7.51. The van der Waals surface area contributed by atoms with Gasteiger partial charge in [0.2, 0.25) is 0 Å². The molecule has 0 radical (unpaired) electrons. The van der Waals surface area contributed by atoms with E-state index >= 15 is 0 Å². The van der Waals surface area contributed by atoms with Gasteiger partial charge in [-0.3, -0.25) is 9.48 Å². The molecule has 3 heterocycles. The molecule has 0 bridgehead atoms. The largest absolute Gasteiger partial charge is 0.468 e. The number of aliphatic hydroxyl groups is 1. The maximum absolute atomic E-state index is 9.18. The number of carbonyl (C=O) groups is 1. The smallest absolute Gasteiger partial charge is 0.293 e. The van der Waals surface area contributed by atoms with Gasteiger partial charge in [0.05, 0.1) is 33.6 Å². The number of nitrogens with one attached hydrogen (secondary N) is 1. The number of aromatic nitrogens is 3. The first-order chi connectivity index (χ1) is 20.9. The van der Waals surface area contributed by atoms with E-state index in [9.17, 15) is 4.79 Å². The van der Waals surface area contributed by atoms with Crippen LogP contribution >= 0.6 is 11.3 Å². The second-order valence-electron chi connectivity index (χ2n) is 12.3. The topological polar surface area (TPSA) is 89.3 Å². The van der Waals surface area contributed by atoms with Crippen molar-refractivity contribution in [3.05, 3.63) is 70.9 Å². The minimum atomic E-state index is -0.500. The summed E-state index contributed by atoms with van der Waals surface area (Å²) in [5.74, 6) is 0.484. The molecule has 2 aromatic heterocycles. The summed E-state index contributed by atoms with van der Waals surface area (Å²) in [6.45, 7) is 16.6. The van der Waals surface area contributed by atoms with Crippen LogP contribution in [0.25, 0.3) is 42.8 Å². The lowest BCUT2D eigenvalue weighted by Gasteiger charge is -2.13. The normalized spacial score (nSPS) is 14.6. The van der Waals surface area contributed by atoms with Crippen molar-refractivity contribution < 1.29 is 14.6 Å². The quantitative estimate of drug-likeness (QED) is 0.190. The molecule has 0 spiro atoms.